The molecule has 4 atom stereocenters. The second-order valence-corrected chi connectivity index (χ2v) is 8.36. The van der Waals surface area contributed by atoms with Gasteiger partial charge in [0.2, 0.25) is 0 Å². The van der Waals surface area contributed by atoms with E-state index in [1.54, 1.807) is 0 Å². The largest absolute Gasteiger partial charge is 0.296 e. The minimum atomic E-state index is 0.265. The quantitative estimate of drug-likeness (QED) is 0.731. The van der Waals surface area contributed by atoms with Gasteiger partial charge in [-0.1, -0.05) is 40.5 Å². The molecule has 2 heteroatoms. The molecule has 1 aliphatic heterocycles. The molecule has 1 saturated carbocycles. The van der Waals surface area contributed by atoms with Gasteiger partial charge in [-0.2, -0.15) is 5.26 Å². The molecule has 0 radical (unpaired) electrons. The normalized spacial score (nSPS) is 35.4. The second kappa shape index (κ2) is 7.14. The molecule has 0 N–H and O–H groups in total. The van der Waals surface area contributed by atoms with Crippen molar-refractivity contribution in [2.24, 2.45) is 17.3 Å². The molecule has 2 rings (SSSR count). The SMILES string of the molecule is CCCC1CCCCN1C1CC(C(C)(C)C)CCC1C#N. The number of hydrogen-bond donors (Lipinski definition) is 0. The van der Waals surface area contributed by atoms with Crippen LogP contribution in [0.1, 0.15) is 79.1 Å². The van der Waals surface area contributed by atoms with Crippen molar-refractivity contribution in [2.75, 3.05) is 6.54 Å². The highest BCUT2D eigenvalue weighted by Crippen LogP contribution is 2.43. The van der Waals surface area contributed by atoms with E-state index < -0.39 is 0 Å². The third kappa shape index (κ3) is 4.01. The number of hydrogen-bond acceptors (Lipinski definition) is 2. The Hall–Kier alpha value is -0.550. The first-order valence-corrected chi connectivity index (χ1v) is 9.12. The summed E-state index contributed by atoms with van der Waals surface area (Å²) in [6.45, 7) is 10.7. The van der Waals surface area contributed by atoms with E-state index in [9.17, 15) is 5.26 Å². The van der Waals surface area contributed by atoms with Crippen molar-refractivity contribution in [3.63, 3.8) is 0 Å². The standard InChI is InChI=1S/C19H34N2/c1-5-8-17-9-6-7-12-21(17)18-13-16(19(2,3)4)11-10-15(18)14-20/h15-18H,5-13H2,1-4H3. The van der Waals surface area contributed by atoms with Crippen LogP contribution in [0.4, 0.5) is 0 Å². The fourth-order valence-electron chi connectivity index (χ4n) is 4.55. The smallest absolute Gasteiger partial charge is 0.0672 e. The van der Waals surface area contributed by atoms with Gasteiger partial charge in [0.25, 0.3) is 0 Å². The van der Waals surface area contributed by atoms with E-state index in [1.807, 2.05) is 0 Å². The third-order valence-electron chi connectivity index (χ3n) is 5.93. The Morgan fingerprint density at radius 3 is 2.52 bits per heavy atom. The maximum absolute atomic E-state index is 9.62. The summed E-state index contributed by atoms with van der Waals surface area (Å²) in [4.78, 5) is 2.75. The Morgan fingerprint density at radius 2 is 1.90 bits per heavy atom. The van der Waals surface area contributed by atoms with Gasteiger partial charge < -0.3 is 0 Å². The van der Waals surface area contributed by atoms with Crippen LogP contribution in [0.2, 0.25) is 0 Å². The van der Waals surface area contributed by atoms with E-state index in [0.717, 1.165) is 18.4 Å². The molecule has 4 unspecified atom stereocenters. The van der Waals surface area contributed by atoms with Crippen LogP contribution in [-0.4, -0.2) is 23.5 Å². The first kappa shape index (κ1) is 16.8. The van der Waals surface area contributed by atoms with E-state index in [1.165, 1.54) is 51.5 Å². The molecule has 21 heavy (non-hydrogen) atoms. The molecule has 1 heterocycles. The predicted molar refractivity (Wildman–Crippen MR) is 88.9 cm³/mol. The molecule has 0 aromatic rings. The van der Waals surface area contributed by atoms with E-state index in [2.05, 4.69) is 38.7 Å². The van der Waals surface area contributed by atoms with Crippen LogP contribution in [0.25, 0.3) is 0 Å². The van der Waals surface area contributed by atoms with Crippen LogP contribution in [0.3, 0.4) is 0 Å². The van der Waals surface area contributed by atoms with Crippen LogP contribution in [0, 0.1) is 28.6 Å². The van der Waals surface area contributed by atoms with Crippen molar-refractivity contribution in [3.05, 3.63) is 0 Å². The molecule has 0 aromatic heterocycles. The highest BCUT2D eigenvalue weighted by Gasteiger charge is 2.40. The van der Waals surface area contributed by atoms with Crippen LogP contribution < -0.4 is 0 Å². The van der Waals surface area contributed by atoms with Crippen molar-refractivity contribution < 1.29 is 0 Å². The number of piperidine rings is 1. The van der Waals surface area contributed by atoms with Crippen LogP contribution >= 0.6 is 0 Å². The molecule has 1 aliphatic carbocycles. The van der Waals surface area contributed by atoms with E-state index in [4.69, 9.17) is 0 Å². The van der Waals surface area contributed by atoms with Crippen LogP contribution in [0.5, 0.6) is 0 Å². The summed E-state index contributed by atoms with van der Waals surface area (Å²) in [6.07, 6.45) is 10.2. The number of nitrogens with zero attached hydrogens (tertiary/aromatic N) is 2. The summed E-state index contributed by atoms with van der Waals surface area (Å²) < 4.78 is 0. The summed E-state index contributed by atoms with van der Waals surface area (Å²) in [7, 11) is 0. The Morgan fingerprint density at radius 1 is 1.14 bits per heavy atom. The average Bonchev–Trinajstić information content (AvgIpc) is 2.46. The van der Waals surface area contributed by atoms with Crippen molar-refractivity contribution >= 4 is 0 Å². The van der Waals surface area contributed by atoms with Gasteiger partial charge in [-0.25, -0.2) is 0 Å². The zero-order chi connectivity index (χ0) is 15.5. The predicted octanol–water partition coefficient (Wildman–Crippen LogP) is 5.00. The fourth-order valence-corrected chi connectivity index (χ4v) is 4.55. The maximum Gasteiger partial charge on any atom is 0.0672 e. The summed E-state index contributed by atoms with van der Waals surface area (Å²) in [5.74, 6) is 1.04. The molecular weight excluding hydrogens is 256 g/mol. The fraction of sp³-hybridized carbons (Fsp3) is 0.947. The lowest BCUT2D eigenvalue weighted by molar-refractivity contribution is 0.0138. The van der Waals surface area contributed by atoms with Gasteiger partial charge in [0.15, 0.2) is 0 Å². The Labute approximate surface area is 131 Å². The lowest BCUT2D eigenvalue weighted by Gasteiger charge is -2.48. The molecule has 1 saturated heterocycles. The second-order valence-electron chi connectivity index (χ2n) is 8.36. The summed E-state index contributed by atoms with van der Waals surface area (Å²) in [5.41, 5.74) is 0.384. The average molecular weight is 290 g/mol. The maximum atomic E-state index is 9.62. The number of nitriles is 1. The topological polar surface area (TPSA) is 27.0 Å². The molecule has 0 bridgehead atoms. The van der Waals surface area contributed by atoms with Crippen molar-refractivity contribution in [2.45, 2.75) is 91.1 Å². The number of likely N-dealkylation sites (tertiary alicyclic amines) is 1. The van der Waals surface area contributed by atoms with Crippen molar-refractivity contribution in [3.8, 4) is 6.07 Å². The summed E-state index contributed by atoms with van der Waals surface area (Å²) >= 11 is 0. The van der Waals surface area contributed by atoms with Gasteiger partial charge in [-0.05, 0) is 56.4 Å². The molecule has 120 valence electrons. The first-order valence-electron chi connectivity index (χ1n) is 9.12. The van der Waals surface area contributed by atoms with E-state index in [0.29, 0.717) is 11.5 Å². The van der Waals surface area contributed by atoms with Crippen LogP contribution in [-0.2, 0) is 0 Å². The van der Waals surface area contributed by atoms with Gasteiger partial charge in [0.05, 0.1) is 12.0 Å². The molecule has 2 nitrogen and oxygen atoms in total. The molecule has 0 spiro atoms. The van der Waals surface area contributed by atoms with Crippen molar-refractivity contribution in [1.29, 1.82) is 5.26 Å². The Balaban J connectivity index is 2.13. The first-order chi connectivity index (χ1) is 9.97. The Bertz CT molecular complexity index is 361. The lowest BCUT2D eigenvalue weighted by Crippen LogP contribution is -2.52. The van der Waals surface area contributed by atoms with Gasteiger partial charge in [0, 0.05) is 12.1 Å². The van der Waals surface area contributed by atoms with Gasteiger partial charge in [-0.3, -0.25) is 4.90 Å². The molecule has 0 amide bonds. The minimum Gasteiger partial charge on any atom is -0.296 e. The highest BCUT2D eigenvalue weighted by molar-refractivity contribution is 5.01. The molecule has 2 aliphatic rings. The van der Waals surface area contributed by atoms with E-state index >= 15 is 0 Å². The zero-order valence-corrected chi connectivity index (χ0v) is 14.6. The summed E-state index contributed by atoms with van der Waals surface area (Å²) in [5, 5.41) is 9.62. The van der Waals surface area contributed by atoms with E-state index in [-0.39, 0.29) is 5.92 Å². The van der Waals surface area contributed by atoms with Gasteiger partial charge in [0.1, 0.15) is 0 Å². The van der Waals surface area contributed by atoms with Gasteiger partial charge >= 0.3 is 0 Å². The molecular formula is C19H34N2. The van der Waals surface area contributed by atoms with Crippen molar-refractivity contribution in [1.82, 2.24) is 4.90 Å². The molecule has 0 aromatic carbocycles. The highest BCUT2D eigenvalue weighted by atomic mass is 15.2. The molecule has 2 fully saturated rings. The third-order valence-corrected chi connectivity index (χ3v) is 5.93. The lowest BCUT2D eigenvalue weighted by atomic mass is 9.67. The monoisotopic (exact) mass is 290 g/mol. The minimum absolute atomic E-state index is 0.265. The Kier molecular flexibility index (Phi) is 5.72. The van der Waals surface area contributed by atoms with Crippen LogP contribution in [0.15, 0.2) is 0 Å². The van der Waals surface area contributed by atoms with Gasteiger partial charge in [-0.15, -0.1) is 0 Å². The summed E-state index contributed by atoms with van der Waals surface area (Å²) in [6, 6.07) is 3.90. The zero-order valence-electron chi connectivity index (χ0n) is 14.6. The number of rotatable bonds is 3.